The lowest BCUT2D eigenvalue weighted by molar-refractivity contribution is -0.140. The van der Waals surface area contributed by atoms with Crippen LogP contribution in [0.3, 0.4) is 0 Å². The van der Waals surface area contributed by atoms with E-state index in [-0.39, 0.29) is 33.9 Å². The molecule has 0 aliphatic carbocycles. The van der Waals surface area contributed by atoms with Crippen molar-refractivity contribution in [2.75, 3.05) is 6.61 Å². The summed E-state index contributed by atoms with van der Waals surface area (Å²) in [4.78, 5) is 43.4. The number of esters is 2. The van der Waals surface area contributed by atoms with Gasteiger partial charge in [-0.3, -0.25) is 14.9 Å². The van der Waals surface area contributed by atoms with Crippen LogP contribution in [-0.4, -0.2) is 33.4 Å². The zero-order chi connectivity index (χ0) is 36.5. The molecule has 2 heterocycles. The number of nitrogens with zero attached hydrogens (tertiary/aromatic N) is 1. The van der Waals surface area contributed by atoms with Crippen molar-refractivity contribution >= 4 is 75.2 Å². The number of carbonyl (C=O) groups excluding carboxylic acids is 3. The first-order valence-corrected chi connectivity index (χ1v) is 20.8. The molecule has 3 aromatic carbocycles. The number of unbranched alkanes of at least 4 members (excludes halogenated alkanes) is 1. The predicted molar refractivity (Wildman–Crippen MR) is 200 cm³/mol. The van der Waals surface area contributed by atoms with Gasteiger partial charge in [0, 0.05) is 0 Å². The minimum atomic E-state index is -4.37. The summed E-state index contributed by atoms with van der Waals surface area (Å²) in [6, 6.07) is 17.1. The number of hydrogen-bond donors (Lipinski definition) is 1. The molecule has 5 rings (SSSR count). The van der Waals surface area contributed by atoms with Crippen LogP contribution in [0.4, 0.5) is 0 Å². The Hall–Kier alpha value is -3.81. The maximum atomic E-state index is 14.1. The van der Waals surface area contributed by atoms with E-state index >= 15 is 0 Å². The average Bonchev–Trinajstić information content (AvgIpc) is 3.77. The molecule has 1 N–H and O–H groups in total. The molecule has 10 nitrogen and oxygen atoms in total. The molecule has 2 aliphatic heterocycles. The summed E-state index contributed by atoms with van der Waals surface area (Å²) >= 11 is 4.33. The lowest BCUT2D eigenvalue weighted by Gasteiger charge is -2.19. The number of nitrogens with one attached hydrogen (secondary N) is 1. The van der Waals surface area contributed by atoms with Crippen molar-refractivity contribution in [1.82, 2.24) is 5.32 Å². The van der Waals surface area contributed by atoms with E-state index in [4.69, 9.17) is 20.8 Å². The number of thioether (sulfide) groups is 4. The second-order valence-electron chi connectivity index (χ2n) is 11.0. The normalized spacial score (nSPS) is 15.9. The molecular weight excluding hydrogens is 749 g/mol. The quantitative estimate of drug-likeness (QED) is 0.0520. The van der Waals surface area contributed by atoms with E-state index in [0.717, 1.165) is 53.7 Å². The van der Waals surface area contributed by atoms with Crippen LogP contribution in [0.2, 0.25) is 0 Å². The van der Waals surface area contributed by atoms with Gasteiger partial charge >= 0.3 is 11.9 Å². The number of benzene rings is 3. The molecule has 0 bridgehead atoms. The van der Waals surface area contributed by atoms with Crippen LogP contribution < -0.4 is 14.8 Å². The van der Waals surface area contributed by atoms with Crippen molar-refractivity contribution in [1.29, 1.82) is 0 Å². The van der Waals surface area contributed by atoms with Crippen LogP contribution in [0, 0.1) is 12.5 Å². The topological polar surface area (TPSA) is 129 Å². The van der Waals surface area contributed by atoms with Crippen LogP contribution in [0.15, 0.2) is 104 Å². The minimum absolute atomic E-state index is 0.00327. The highest BCUT2D eigenvalue weighted by molar-refractivity contribution is 8.26. The van der Waals surface area contributed by atoms with Gasteiger partial charge < -0.3 is 19.1 Å². The van der Waals surface area contributed by atoms with E-state index in [9.17, 15) is 22.8 Å². The van der Waals surface area contributed by atoms with Gasteiger partial charge in [0.15, 0.2) is 10.7 Å². The molecule has 15 heteroatoms. The van der Waals surface area contributed by atoms with E-state index in [2.05, 4.69) is 10.2 Å². The maximum absolute atomic E-state index is 14.1. The molecule has 51 heavy (non-hydrogen) atoms. The predicted octanol–water partition coefficient (Wildman–Crippen LogP) is 8.78. The second-order valence-corrected chi connectivity index (χ2v) is 17.5. The molecule has 0 spiro atoms. The Labute approximate surface area is 314 Å². The largest absolute Gasteiger partial charge is 0.486 e. The second kappa shape index (κ2) is 17.6. The molecule has 0 saturated heterocycles. The molecule has 1 unspecified atom stereocenters. The Bertz CT molecular complexity index is 2030. The highest BCUT2D eigenvalue weighted by Gasteiger charge is 2.42. The highest BCUT2D eigenvalue weighted by Crippen LogP contribution is 2.68. The molecule has 0 aromatic heterocycles. The molecule has 0 fully saturated rings. The fraction of sp³-hybridized carbons (Fsp3) is 0.278. The third-order valence-corrected chi connectivity index (χ3v) is 14.9. The van der Waals surface area contributed by atoms with E-state index in [0.29, 0.717) is 48.8 Å². The summed E-state index contributed by atoms with van der Waals surface area (Å²) in [5, 5.41) is 2.45. The zero-order valence-corrected chi connectivity index (χ0v) is 32.0. The van der Waals surface area contributed by atoms with Gasteiger partial charge in [0.1, 0.15) is 12.4 Å². The van der Waals surface area contributed by atoms with Crippen molar-refractivity contribution in [2.45, 2.75) is 77.5 Å². The lowest BCUT2D eigenvalue weighted by Crippen LogP contribution is -2.20. The van der Waals surface area contributed by atoms with E-state index in [1.54, 1.807) is 25.1 Å². The van der Waals surface area contributed by atoms with Crippen LogP contribution >= 0.6 is 47.0 Å². The first-order chi connectivity index (χ1) is 24.7. The Morgan fingerprint density at radius 3 is 2.02 bits per heavy atom. The number of fused-ring (bicyclic) bond motifs is 2. The monoisotopic (exact) mass is 782 g/mol. The fourth-order valence-corrected chi connectivity index (χ4v) is 12.4. The van der Waals surface area contributed by atoms with Gasteiger partial charge in [-0.25, -0.2) is 13.2 Å². The number of ether oxygens (including phenoxy) is 3. The Kier molecular flexibility index (Phi) is 13.3. The van der Waals surface area contributed by atoms with Gasteiger partial charge in [0.2, 0.25) is 9.84 Å². The average molecular weight is 783 g/mol. The van der Waals surface area contributed by atoms with Crippen molar-refractivity contribution in [3.05, 3.63) is 96.8 Å². The van der Waals surface area contributed by atoms with Gasteiger partial charge in [-0.05, 0) is 37.5 Å². The third kappa shape index (κ3) is 8.47. The zero-order valence-electron chi connectivity index (χ0n) is 27.9. The van der Waals surface area contributed by atoms with Gasteiger partial charge in [0.25, 0.3) is 12.2 Å². The minimum Gasteiger partial charge on any atom is -0.486 e. The highest BCUT2D eigenvalue weighted by atomic mass is 32.2. The van der Waals surface area contributed by atoms with Crippen molar-refractivity contribution in [3.63, 3.8) is 0 Å². The van der Waals surface area contributed by atoms with E-state index < -0.39 is 32.6 Å². The lowest BCUT2D eigenvalue weighted by atomic mass is 10.00. The smallest absolute Gasteiger partial charge is 0.351 e. The molecule has 0 radical (unpaired) electrons. The van der Waals surface area contributed by atoms with Crippen LogP contribution in [0.1, 0.15) is 52.0 Å². The Morgan fingerprint density at radius 1 is 0.882 bits per heavy atom. The van der Waals surface area contributed by atoms with Crippen molar-refractivity contribution < 1.29 is 37.0 Å². The van der Waals surface area contributed by atoms with Crippen LogP contribution in [0.5, 0.6) is 11.5 Å². The molecule has 3 aromatic rings. The molecule has 0 saturated carbocycles. The van der Waals surface area contributed by atoms with E-state index in [1.807, 2.05) is 44.2 Å². The summed E-state index contributed by atoms with van der Waals surface area (Å²) in [7, 11) is -4.37. The molecule has 1 atom stereocenters. The fourth-order valence-electron chi connectivity index (χ4n) is 5.08. The summed E-state index contributed by atoms with van der Waals surface area (Å²) in [6.07, 6.45) is 3.33. The summed E-state index contributed by atoms with van der Waals surface area (Å²) in [5.74, 6) is -1.32. The Balaban J connectivity index is 1.75. The van der Waals surface area contributed by atoms with Gasteiger partial charge in [-0.1, -0.05) is 129 Å². The van der Waals surface area contributed by atoms with Gasteiger partial charge in [-0.15, -0.1) is 0 Å². The van der Waals surface area contributed by atoms with Gasteiger partial charge in [-0.2, -0.15) is 0 Å². The first kappa shape index (κ1) is 38.4. The number of rotatable bonds is 15. The number of sulfone groups is 1. The first-order valence-electron chi connectivity index (χ1n) is 16.0. The number of amides is 1. The van der Waals surface area contributed by atoms with Crippen LogP contribution in [-0.2, 0) is 35.6 Å². The Morgan fingerprint density at radius 2 is 1.47 bits per heavy atom. The summed E-state index contributed by atoms with van der Waals surface area (Å²) in [5.41, 5.74) is 0.860. The molecule has 2 aliphatic rings. The summed E-state index contributed by atoms with van der Waals surface area (Å²) < 4.78 is 46.8. The number of hydrogen-bond acceptors (Lipinski definition) is 12. The SMILES string of the molecule is [C-]#[N+]C(NC=O)=C1Sc2c(OCc3ccccc3)c3c(c(OC(=O)C(CC)CCCC)c2S1)SC(=C(C(=O)OCC)S(=O)(=O)c1ccccc1)S3. The third-order valence-electron chi connectivity index (χ3n) is 7.65. The maximum Gasteiger partial charge on any atom is 0.351 e. The molecule has 1 amide bonds. The van der Waals surface area contributed by atoms with Gasteiger partial charge in [0.05, 0.1) is 45.5 Å². The van der Waals surface area contributed by atoms with E-state index in [1.165, 1.54) is 23.9 Å². The van der Waals surface area contributed by atoms with Crippen molar-refractivity contribution in [3.8, 4) is 11.5 Å². The number of carbonyl (C=O) groups is 3. The molecular formula is C36H34N2O8S5. The van der Waals surface area contributed by atoms with Crippen molar-refractivity contribution in [2.24, 2.45) is 5.92 Å². The standard InChI is InChI=1S/C36H34N2O8S5/c1-5-8-17-23(6-2)33(40)46-26-29-27(47-35(48-29)31(34(41)44-7-3)51(42,43)24-18-13-10-14-19-24)25(45-20-22-15-11-9-12-16-22)28-30(26)50-36(49-28)32(37-4)38-21-39/h9-16,18-19,21,23H,5-8,17,20H2,1-3H3,(H,38,39). The molecule has 266 valence electrons. The van der Waals surface area contributed by atoms with Crippen LogP contribution in [0.25, 0.3) is 4.85 Å². The summed E-state index contributed by atoms with van der Waals surface area (Å²) in [6.45, 7) is 13.3.